The molecule has 0 aromatic heterocycles. The largest absolute Gasteiger partial charge is 0.480 e. The summed E-state index contributed by atoms with van der Waals surface area (Å²) >= 11 is 0. The molecule has 0 aromatic carbocycles. The first-order valence-electron chi connectivity index (χ1n) is 3.59. The number of nitrogens with zero attached hydrogens (tertiary/aromatic N) is 1. The fourth-order valence-corrected chi connectivity index (χ4v) is 0.873. The Hall–Kier alpha value is -1.85. The Morgan fingerprint density at radius 2 is 2.31 bits per heavy atom. The van der Waals surface area contributed by atoms with Gasteiger partial charge in [-0.1, -0.05) is 6.08 Å². The van der Waals surface area contributed by atoms with Crippen LogP contribution >= 0.6 is 0 Å². The number of hydrogen-bond acceptors (Lipinski definition) is 3. The van der Waals surface area contributed by atoms with Crippen molar-refractivity contribution in [2.75, 3.05) is 6.54 Å². The summed E-state index contributed by atoms with van der Waals surface area (Å²) in [6.07, 6.45) is 2.62. The first-order valence-corrected chi connectivity index (χ1v) is 3.59. The van der Waals surface area contributed by atoms with E-state index in [1.165, 1.54) is 12.2 Å². The van der Waals surface area contributed by atoms with E-state index in [-0.39, 0.29) is 6.42 Å². The van der Waals surface area contributed by atoms with E-state index in [2.05, 4.69) is 5.43 Å². The molecule has 0 aromatic rings. The van der Waals surface area contributed by atoms with Crippen molar-refractivity contribution in [1.82, 2.24) is 10.4 Å². The molecule has 0 radical (unpaired) electrons. The lowest BCUT2D eigenvalue weighted by molar-refractivity contribution is -0.148. The Morgan fingerprint density at radius 3 is 2.92 bits per heavy atom. The van der Waals surface area contributed by atoms with Crippen LogP contribution in [0.4, 0.5) is 0 Å². The molecule has 6 nitrogen and oxygen atoms in total. The van der Waals surface area contributed by atoms with Crippen molar-refractivity contribution in [3.63, 3.8) is 0 Å². The summed E-state index contributed by atoms with van der Waals surface area (Å²) in [5, 5.41) is 9.18. The predicted molar refractivity (Wildman–Crippen MR) is 41.2 cm³/mol. The van der Waals surface area contributed by atoms with Crippen molar-refractivity contribution in [2.45, 2.75) is 6.42 Å². The third-order valence-corrected chi connectivity index (χ3v) is 1.40. The molecule has 1 aliphatic heterocycles. The average Bonchev–Trinajstić information content (AvgIpc) is 2.14. The molecule has 70 valence electrons. The van der Waals surface area contributed by atoms with E-state index in [4.69, 9.17) is 5.11 Å². The lowest BCUT2D eigenvalue weighted by Crippen LogP contribution is -2.46. The van der Waals surface area contributed by atoms with Crippen LogP contribution in [-0.2, 0) is 14.4 Å². The molecule has 0 atom stereocenters. The van der Waals surface area contributed by atoms with Crippen LogP contribution in [0.15, 0.2) is 12.2 Å². The lowest BCUT2D eigenvalue weighted by atomic mass is 10.3. The van der Waals surface area contributed by atoms with Gasteiger partial charge in [0.15, 0.2) is 0 Å². The van der Waals surface area contributed by atoms with Gasteiger partial charge in [-0.05, 0) is 0 Å². The zero-order valence-electron chi connectivity index (χ0n) is 6.69. The quantitative estimate of drug-likeness (QED) is 0.569. The summed E-state index contributed by atoms with van der Waals surface area (Å²) in [7, 11) is 0. The molecule has 0 unspecified atom stereocenters. The van der Waals surface area contributed by atoms with Crippen molar-refractivity contribution < 1.29 is 19.5 Å². The van der Waals surface area contributed by atoms with Gasteiger partial charge in [0.25, 0.3) is 5.91 Å². The zero-order chi connectivity index (χ0) is 9.84. The molecule has 6 heteroatoms. The zero-order valence-corrected chi connectivity index (χ0v) is 6.69. The second-order valence-corrected chi connectivity index (χ2v) is 2.46. The molecule has 2 N–H and O–H groups in total. The van der Waals surface area contributed by atoms with Gasteiger partial charge in [0.1, 0.15) is 6.54 Å². The van der Waals surface area contributed by atoms with Crippen LogP contribution in [0.3, 0.4) is 0 Å². The maximum atomic E-state index is 11.1. The van der Waals surface area contributed by atoms with Gasteiger partial charge < -0.3 is 5.11 Å². The normalized spacial score (nSPS) is 16.8. The monoisotopic (exact) mass is 184 g/mol. The minimum absolute atomic E-state index is 0.0337. The van der Waals surface area contributed by atoms with Gasteiger partial charge in [0, 0.05) is 12.5 Å². The SMILES string of the molecule is O=C(O)CN1NC(=O)C=CCC1=O. The number of hydrogen-bond donors (Lipinski definition) is 2. The maximum absolute atomic E-state index is 11.1. The van der Waals surface area contributed by atoms with Crippen LogP contribution < -0.4 is 5.43 Å². The van der Waals surface area contributed by atoms with Crippen LogP contribution in [0.25, 0.3) is 0 Å². The summed E-state index contributed by atoms with van der Waals surface area (Å²) in [5.41, 5.74) is 2.14. The van der Waals surface area contributed by atoms with E-state index < -0.39 is 24.3 Å². The Balaban J connectivity index is 2.67. The Bertz CT molecular complexity index is 284. The second kappa shape index (κ2) is 3.70. The van der Waals surface area contributed by atoms with Crippen LogP contribution in [0.1, 0.15) is 6.42 Å². The minimum Gasteiger partial charge on any atom is -0.480 e. The summed E-state index contributed by atoms with van der Waals surface area (Å²) in [6, 6.07) is 0. The molecule has 0 spiro atoms. The van der Waals surface area contributed by atoms with Gasteiger partial charge in [0.2, 0.25) is 5.91 Å². The molecule has 0 fully saturated rings. The van der Waals surface area contributed by atoms with Crippen molar-refractivity contribution in [1.29, 1.82) is 0 Å². The van der Waals surface area contributed by atoms with E-state index in [9.17, 15) is 14.4 Å². The smallest absolute Gasteiger partial charge is 0.325 e. The predicted octanol–water partition coefficient (Wildman–Crippen LogP) is -1.11. The first-order chi connectivity index (χ1) is 6.09. The van der Waals surface area contributed by atoms with Crippen molar-refractivity contribution >= 4 is 17.8 Å². The summed E-state index contributed by atoms with van der Waals surface area (Å²) in [5.74, 6) is -2.10. The fourth-order valence-electron chi connectivity index (χ4n) is 0.873. The number of carbonyl (C=O) groups excluding carboxylic acids is 2. The van der Waals surface area contributed by atoms with Crippen LogP contribution in [0.5, 0.6) is 0 Å². The number of carbonyl (C=O) groups is 3. The first kappa shape index (κ1) is 9.24. The van der Waals surface area contributed by atoms with Crippen molar-refractivity contribution in [2.24, 2.45) is 0 Å². The highest BCUT2D eigenvalue weighted by atomic mass is 16.4. The highest BCUT2D eigenvalue weighted by Gasteiger charge is 2.19. The van der Waals surface area contributed by atoms with Gasteiger partial charge in [-0.15, -0.1) is 0 Å². The van der Waals surface area contributed by atoms with E-state index in [1.807, 2.05) is 0 Å². The number of aliphatic carboxylic acids is 1. The molecule has 1 rings (SSSR count). The fraction of sp³-hybridized carbons (Fsp3) is 0.286. The van der Waals surface area contributed by atoms with E-state index in [0.29, 0.717) is 0 Å². The van der Waals surface area contributed by atoms with Gasteiger partial charge >= 0.3 is 5.97 Å². The molecule has 0 saturated carbocycles. The van der Waals surface area contributed by atoms with Crippen molar-refractivity contribution in [3.8, 4) is 0 Å². The minimum atomic E-state index is -1.17. The number of carboxylic acid groups (broad SMARTS) is 1. The molecule has 0 aliphatic carbocycles. The van der Waals surface area contributed by atoms with Crippen LogP contribution in [0.2, 0.25) is 0 Å². The second-order valence-electron chi connectivity index (χ2n) is 2.46. The summed E-state index contributed by atoms with van der Waals surface area (Å²) in [6.45, 7) is -0.522. The van der Waals surface area contributed by atoms with E-state index >= 15 is 0 Å². The summed E-state index contributed by atoms with van der Waals surface area (Å²) in [4.78, 5) is 32.2. The van der Waals surface area contributed by atoms with Gasteiger partial charge in [0.05, 0.1) is 0 Å². The highest BCUT2D eigenvalue weighted by Crippen LogP contribution is 1.97. The maximum Gasteiger partial charge on any atom is 0.325 e. The Labute approximate surface area is 73.8 Å². The Kier molecular flexibility index (Phi) is 2.63. The highest BCUT2D eigenvalue weighted by molar-refractivity contribution is 5.93. The molecular formula is C7H8N2O4. The number of hydrazine groups is 1. The van der Waals surface area contributed by atoms with E-state index in [0.717, 1.165) is 5.01 Å². The number of nitrogens with one attached hydrogen (secondary N) is 1. The number of rotatable bonds is 2. The number of carboxylic acids is 1. The molecule has 0 saturated heterocycles. The molecular weight excluding hydrogens is 176 g/mol. The standard InChI is InChI=1S/C7H8N2O4/c10-5-2-1-3-6(11)9(8-5)4-7(12)13/h1-2H,3-4H2,(H,8,10)(H,12,13). The molecule has 2 amide bonds. The van der Waals surface area contributed by atoms with Gasteiger partial charge in [-0.25, -0.2) is 5.01 Å². The summed E-state index contributed by atoms with van der Waals surface area (Å²) < 4.78 is 0. The molecule has 1 aliphatic rings. The average molecular weight is 184 g/mol. The van der Waals surface area contributed by atoms with Crippen LogP contribution in [0, 0.1) is 0 Å². The topological polar surface area (TPSA) is 86.7 Å². The van der Waals surface area contributed by atoms with Crippen molar-refractivity contribution in [3.05, 3.63) is 12.2 Å². The third kappa shape index (κ3) is 2.58. The van der Waals surface area contributed by atoms with Gasteiger partial charge in [-0.3, -0.25) is 19.8 Å². The lowest BCUT2D eigenvalue weighted by Gasteiger charge is -2.17. The third-order valence-electron chi connectivity index (χ3n) is 1.40. The van der Waals surface area contributed by atoms with Crippen LogP contribution in [-0.4, -0.2) is 34.4 Å². The van der Waals surface area contributed by atoms with Gasteiger partial charge in [-0.2, -0.15) is 0 Å². The Morgan fingerprint density at radius 1 is 1.62 bits per heavy atom. The molecule has 0 bridgehead atoms. The molecule has 1 heterocycles. The van der Waals surface area contributed by atoms with E-state index in [1.54, 1.807) is 0 Å². The number of amides is 2. The molecule has 13 heavy (non-hydrogen) atoms.